The molecule has 0 heterocycles. The Balaban J connectivity index is 2.67. The summed E-state index contributed by atoms with van der Waals surface area (Å²) in [6.07, 6.45) is 0.698. The monoisotopic (exact) mass is 279 g/mol. The quantitative estimate of drug-likeness (QED) is 0.830. The van der Waals surface area contributed by atoms with E-state index in [1.165, 1.54) is 4.90 Å². The lowest BCUT2D eigenvalue weighted by atomic mass is 10.2. The maximum atomic E-state index is 12.1. The zero-order valence-electron chi connectivity index (χ0n) is 12.1. The van der Waals surface area contributed by atoms with E-state index in [4.69, 9.17) is 9.84 Å². The summed E-state index contributed by atoms with van der Waals surface area (Å²) in [5.74, 6) is -0.695. The van der Waals surface area contributed by atoms with E-state index in [-0.39, 0.29) is 25.1 Å². The summed E-state index contributed by atoms with van der Waals surface area (Å²) in [7, 11) is 0. The van der Waals surface area contributed by atoms with Crippen LogP contribution >= 0.6 is 0 Å². The number of carboxylic acid groups (broad SMARTS) is 1. The lowest BCUT2D eigenvalue weighted by molar-refractivity contribution is -0.147. The third kappa shape index (κ3) is 4.57. The van der Waals surface area contributed by atoms with Crippen molar-refractivity contribution in [2.45, 2.75) is 33.2 Å². The predicted molar refractivity (Wildman–Crippen MR) is 75.8 cm³/mol. The van der Waals surface area contributed by atoms with Crippen LogP contribution in [0.1, 0.15) is 25.8 Å². The van der Waals surface area contributed by atoms with Gasteiger partial charge in [0.2, 0.25) is 0 Å². The van der Waals surface area contributed by atoms with Crippen LogP contribution in [0.3, 0.4) is 0 Å². The number of hydrogen-bond donors (Lipinski definition) is 1. The fraction of sp³-hybridized carbons (Fsp3) is 0.467. The lowest BCUT2D eigenvalue weighted by Gasteiger charge is -2.27. The molecule has 20 heavy (non-hydrogen) atoms. The molecule has 0 aromatic heterocycles. The first-order chi connectivity index (χ1) is 9.45. The Labute approximate surface area is 119 Å². The zero-order chi connectivity index (χ0) is 15.1. The Morgan fingerprint density at radius 1 is 1.35 bits per heavy atom. The third-order valence-corrected chi connectivity index (χ3v) is 3.19. The van der Waals surface area contributed by atoms with Crippen molar-refractivity contribution in [1.82, 2.24) is 4.90 Å². The van der Waals surface area contributed by atoms with Crippen LogP contribution in [0.15, 0.2) is 24.3 Å². The van der Waals surface area contributed by atoms with Crippen molar-refractivity contribution >= 4 is 11.9 Å². The van der Waals surface area contributed by atoms with E-state index in [9.17, 15) is 9.59 Å². The molecule has 5 heteroatoms. The first-order valence-electron chi connectivity index (χ1n) is 6.65. The third-order valence-electron chi connectivity index (χ3n) is 3.19. The van der Waals surface area contributed by atoms with E-state index in [2.05, 4.69) is 0 Å². The van der Waals surface area contributed by atoms with Crippen molar-refractivity contribution in [2.24, 2.45) is 0 Å². The number of benzene rings is 1. The molecule has 0 spiro atoms. The Morgan fingerprint density at radius 2 is 2.00 bits per heavy atom. The molecule has 110 valence electrons. The van der Waals surface area contributed by atoms with Gasteiger partial charge in [-0.05, 0) is 31.9 Å². The summed E-state index contributed by atoms with van der Waals surface area (Å²) in [5.41, 5.74) is 0.939. The maximum absolute atomic E-state index is 12.1. The van der Waals surface area contributed by atoms with E-state index in [1.54, 1.807) is 6.07 Å². The van der Waals surface area contributed by atoms with Crippen LogP contribution in [-0.2, 0) is 9.59 Å². The molecule has 0 fully saturated rings. The number of ether oxygens (including phenoxy) is 1. The highest BCUT2D eigenvalue weighted by molar-refractivity contribution is 5.82. The summed E-state index contributed by atoms with van der Waals surface area (Å²) in [6.45, 7) is 5.18. The van der Waals surface area contributed by atoms with Gasteiger partial charge in [-0.25, -0.2) is 0 Å². The summed E-state index contributed by atoms with van der Waals surface area (Å²) in [4.78, 5) is 24.3. The molecular weight excluding hydrogens is 258 g/mol. The number of hydrogen-bond acceptors (Lipinski definition) is 3. The molecule has 1 aromatic carbocycles. The number of para-hydroxylation sites is 1. The number of aryl methyl sites for hydroxylation is 1. The number of amides is 1. The average Bonchev–Trinajstić information content (AvgIpc) is 2.42. The number of carboxylic acids is 1. The second-order valence-corrected chi connectivity index (χ2v) is 4.73. The van der Waals surface area contributed by atoms with Crippen molar-refractivity contribution in [3.63, 3.8) is 0 Å². The number of nitrogens with zero attached hydrogens (tertiary/aromatic N) is 1. The second-order valence-electron chi connectivity index (χ2n) is 4.73. The van der Waals surface area contributed by atoms with Gasteiger partial charge in [0.25, 0.3) is 5.91 Å². The molecule has 1 rings (SSSR count). The maximum Gasteiger partial charge on any atom is 0.323 e. The highest BCUT2D eigenvalue weighted by Gasteiger charge is 2.22. The Hall–Kier alpha value is -2.04. The van der Waals surface area contributed by atoms with Gasteiger partial charge >= 0.3 is 5.97 Å². The highest BCUT2D eigenvalue weighted by Crippen LogP contribution is 2.16. The lowest BCUT2D eigenvalue weighted by Crippen LogP contribution is -2.44. The van der Waals surface area contributed by atoms with E-state index >= 15 is 0 Å². The fourth-order valence-electron chi connectivity index (χ4n) is 1.80. The molecule has 0 aliphatic carbocycles. The molecule has 0 bridgehead atoms. The molecular formula is C15H21NO4. The highest BCUT2D eigenvalue weighted by atomic mass is 16.5. The molecule has 1 amide bonds. The SMILES string of the molecule is CCC(C)N(CC(=O)O)C(=O)COc1ccccc1C. The van der Waals surface area contributed by atoms with Gasteiger partial charge in [0.05, 0.1) is 0 Å². The van der Waals surface area contributed by atoms with E-state index < -0.39 is 5.97 Å². The normalized spacial score (nSPS) is 11.8. The number of rotatable bonds is 7. The van der Waals surface area contributed by atoms with Crippen molar-refractivity contribution in [3.05, 3.63) is 29.8 Å². The molecule has 0 aliphatic rings. The van der Waals surface area contributed by atoms with Gasteiger partial charge in [-0.1, -0.05) is 25.1 Å². The van der Waals surface area contributed by atoms with Gasteiger partial charge in [0, 0.05) is 6.04 Å². The molecule has 1 atom stereocenters. The average molecular weight is 279 g/mol. The summed E-state index contributed by atoms with van der Waals surface area (Å²) < 4.78 is 5.47. The minimum atomic E-state index is -1.02. The molecule has 0 saturated heterocycles. The van der Waals surface area contributed by atoms with Gasteiger partial charge in [-0.15, -0.1) is 0 Å². The fourth-order valence-corrected chi connectivity index (χ4v) is 1.80. The molecule has 0 saturated carbocycles. The predicted octanol–water partition coefficient (Wildman–Crippen LogP) is 2.09. The Kier molecular flexibility index (Phi) is 6.03. The van der Waals surface area contributed by atoms with Gasteiger partial charge < -0.3 is 14.7 Å². The van der Waals surface area contributed by atoms with Crippen molar-refractivity contribution < 1.29 is 19.4 Å². The summed E-state index contributed by atoms with van der Waals surface area (Å²) in [6, 6.07) is 7.27. The van der Waals surface area contributed by atoms with E-state index in [1.807, 2.05) is 39.0 Å². The molecule has 0 radical (unpaired) electrons. The van der Waals surface area contributed by atoms with Crippen LogP contribution in [0, 0.1) is 6.92 Å². The number of carbonyl (C=O) groups excluding carboxylic acids is 1. The molecule has 0 aliphatic heterocycles. The van der Waals surface area contributed by atoms with Crippen LogP contribution in [0.4, 0.5) is 0 Å². The minimum absolute atomic E-state index is 0.126. The van der Waals surface area contributed by atoms with E-state index in [0.717, 1.165) is 5.56 Å². The molecule has 1 N–H and O–H groups in total. The smallest absolute Gasteiger partial charge is 0.323 e. The second kappa shape index (κ2) is 7.53. The van der Waals surface area contributed by atoms with Gasteiger partial charge in [-0.2, -0.15) is 0 Å². The summed E-state index contributed by atoms with van der Waals surface area (Å²) in [5, 5.41) is 8.87. The van der Waals surface area contributed by atoms with Crippen LogP contribution < -0.4 is 4.74 Å². The number of aliphatic carboxylic acids is 1. The first-order valence-corrected chi connectivity index (χ1v) is 6.65. The van der Waals surface area contributed by atoms with E-state index in [0.29, 0.717) is 12.2 Å². The van der Waals surface area contributed by atoms with Crippen molar-refractivity contribution in [1.29, 1.82) is 0 Å². The van der Waals surface area contributed by atoms with Crippen LogP contribution in [0.2, 0.25) is 0 Å². The van der Waals surface area contributed by atoms with Crippen molar-refractivity contribution in [3.8, 4) is 5.75 Å². The topological polar surface area (TPSA) is 66.8 Å². The molecule has 1 aromatic rings. The van der Waals surface area contributed by atoms with Crippen molar-refractivity contribution in [2.75, 3.05) is 13.2 Å². The van der Waals surface area contributed by atoms with Crippen LogP contribution in [-0.4, -0.2) is 41.1 Å². The Morgan fingerprint density at radius 3 is 2.55 bits per heavy atom. The summed E-state index contributed by atoms with van der Waals surface area (Å²) >= 11 is 0. The van der Waals surface area contributed by atoms with Gasteiger partial charge in [0.15, 0.2) is 6.61 Å². The minimum Gasteiger partial charge on any atom is -0.484 e. The number of carbonyl (C=O) groups is 2. The molecule has 1 unspecified atom stereocenters. The standard InChI is InChI=1S/C15H21NO4/c1-4-12(3)16(9-15(18)19)14(17)10-20-13-8-6-5-7-11(13)2/h5-8,12H,4,9-10H2,1-3H3,(H,18,19). The van der Waals surface area contributed by atoms with Crippen LogP contribution in [0.25, 0.3) is 0 Å². The first kappa shape index (κ1) is 16.0. The largest absolute Gasteiger partial charge is 0.484 e. The molecule has 5 nitrogen and oxygen atoms in total. The zero-order valence-corrected chi connectivity index (χ0v) is 12.1. The van der Waals surface area contributed by atoms with Gasteiger partial charge in [0.1, 0.15) is 12.3 Å². The van der Waals surface area contributed by atoms with Crippen LogP contribution in [0.5, 0.6) is 5.75 Å². The van der Waals surface area contributed by atoms with Gasteiger partial charge in [-0.3, -0.25) is 9.59 Å². The Bertz CT molecular complexity index is 473.